The number of piperidine rings is 1. The van der Waals surface area contributed by atoms with Crippen LogP contribution in [0, 0.1) is 11.8 Å². The van der Waals surface area contributed by atoms with Gasteiger partial charge in [-0.1, -0.05) is 37.5 Å². The highest BCUT2D eigenvalue weighted by Crippen LogP contribution is 2.48. The lowest BCUT2D eigenvalue weighted by Crippen LogP contribution is -2.48. The molecule has 0 spiro atoms. The second-order valence-corrected chi connectivity index (χ2v) is 9.01. The molecule has 1 N–H and O–H groups in total. The second kappa shape index (κ2) is 8.60. The number of rotatable bonds is 4. The van der Waals surface area contributed by atoms with Gasteiger partial charge in [0.1, 0.15) is 0 Å². The van der Waals surface area contributed by atoms with E-state index in [0.717, 1.165) is 50.7 Å². The van der Waals surface area contributed by atoms with Gasteiger partial charge in [-0.3, -0.25) is 9.59 Å². The molecule has 2 saturated carbocycles. The van der Waals surface area contributed by atoms with Gasteiger partial charge in [-0.15, -0.1) is 0 Å². The molecule has 3 fully saturated rings. The molecule has 0 bridgehead atoms. The van der Waals surface area contributed by atoms with E-state index in [1.807, 2.05) is 4.90 Å². The molecule has 1 aromatic carbocycles. The van der Waals surface area contributed by atoms with Gasteiger partial charge in [-0.05, 0) is 49.7 Å². The van der Waals surface area contributed by atoms with E-state index in [1.54, 1.807) is 6.07 Å². The van der Waals surface area contributed by atoms with Crippen LogP contribution in [-0.2, 0) is 15.8 Å². The number of nitrogens with one attached hydrogen (secondary N) is 1. The summed E-state index contributed by atoms with van der Waals surface area (Å²) >= 11 is 0. The molecule has 2 aliphatic carbocycles. The van der Waals surface area contributed by atoms with Gasteiger partial charge in [-0.2, -0.15) is 13.2 Å². The third-order valence-electron chi connectivity index (χ3n) is 6.88. The van der Waals surface area contributed by atoms with Gasteiger partial charge in [0.05, 0.1) is 5.56 Å². The van der Waals surface area contributed by atoms with Crippen molar-refractivity contribution in [2.75, 3.05) is 13.1 Å². The Morgan fingerprint density at radius 3 is 2.37 bits per heavy atom. The topological polar surface area (TPSA) is 49.4 Å². The summed E-state index contributed by atoms with van der Waals surface area (Å²) in [6, 6.07) is 5.33. The molecule has 1 aliphatic heterocycles. The minimum atomic E-state index is -4.37. The van der Waals surface area contributed by atoms with Crippen molar-refractivity contribution in [3.63, 3.8) is 0 Å². The monoisotopic (exact) mass is 422 g/mol. The summed E-state index contributed by atoms with van der Waals surface area (Å²) in [6.45, 7) is 1.34. The lowest BCUT2D eigenvalue weighted by atomic mass is 9.87. The van der Waals surface area contributed by atoms with Crippen LogP contribution >= 0.6 is 0 Å². The fraction of sp³-hybridized carbons (Fsp3) is 0.652. The third kappa shape index (κ3) is 4.81. The summed E-state index contributed by atoms with van der Waals surface area (Å²) in [5.41, 5.74) is -0.0843. The SMILES string of the molecule is O=C(NC1CCN(C(=O)C2CCCCC2)CC1)C1CC1c1cccc(C(F)(F)F)c1. The van der Waals surface area contributed by atoms with Crippen molar-refractivity contribution in [3.05, 3.63) is 35.4 Å². The fourth-order valence-corrected chi connectivity index (χ4v) is 4.96. The van der Waals surface area contributed by atoms with Crippen LogP contribution in [0.5, 0.6) is 0 Å². The van der Waals surface area contributed by atoms with E-state index < -0.39 is 11.7 Å². The maximum atomic E-state index is 12.9. The highest BCUT2D eigenvalue weighted by Gasteiger charge is 2.45. The summed E-state index contributed by atoms with van der Waals surface area (Å²) in [6.07, 6.45) is 3.19. The number of benzene rings is 1. The minimum absolute atomic E-state index is 0.0377. The van der Waals surface area contributed by atoms with Crippen molar-refractivity contribution in [1.82, 2.24) is 10.2 Å². The minimum Gasteiger partial charge on any atom is -0.353 e. The van der Waals surface area contributed by atoms with Crippen molar-refractivity contribution < 1.29 is 22.8 Å². The number of likely N-dealkylation sites (tertiary alicyclic amines) is 1. The Morgan fingerprint density at radius 1 is 1.00 bits per heavy atom. The fourth-order valence-electron chi connectivity index (χ4n) is 4.96. The normalized spacial score (nSPS) is 25.8. The largest absolute Gasteiger partial charge is 0.416 e. The smallest absolute Gasteiger partial charge is 0.353 e. The van der Waals surface area contributed by atoms with E-state index in [2.05, 4.69) is 5.32 Å². The van der Waals surface area contributed by atoms with E-state index in [-0.39, 0.29) is 35.6 Å². The Balaban J connectivity index is 1.25. The Bertz CT molecular complexity index is 781. The molecule has 1 saturated heterocycles. The number of halogens is 3. The predicted octanol–water partition coefficient (Wildman–Crippen LogP) is 4.50. The van der Waals surface area contributed by atoms with E-state index in [9.17, 15) is 22.8 Å². The highest BCUT2D eigenvalue weighted by atomic mass is 19.4. The number of carbonyl (C=O) groups excluding carboxylic acids is 2. The average Bonchev–Trinajstić information content (AvgIpc) is 3.55. The summed E-state index contributed by atoms with van der Waals surface area (Å²) in [5, 5.41) is 3.07. The van der Waals surface area contributed by atoms with Gasteiger partial charge in [0.15, 0.2) is 0 Å². The van der Waals surface area contributed by atoms with Crippen LogP contribution in [0.15, 0.2) is 24.3 Å². The number of nitrogens with zero attached hydrogens (tertiary/aromatic N) is 1. The lowest BCUT2D eigenvalue weighted by molar-refractivity contribution is -0.138. The second-order valence-electron chi connectivity index (χ2n) is 9.01. The number of hydrogen-bond acceptors (Lipinski definition) is 2. The van der Waals surface area contributed by atoms with Crippen LogP contribution in [0.2, 0.25) is 0 Å². The van der Waals surface area contributed by atoms with Crippen molar-refractivity contribution >= 4 is 11.8 Å². The third-order valence-corrected chi connectivity index (χ3v) is 6.88. The molecular formula is C23H29F3N2O2. The molecule has 30 heavy (non-hydrogen) atoms. The maximum Gasteiger partial charge on any atom is 0.416 e. The van der Waals surface area contributed by atoms with E-state index in [0.29, 0.717) is 25.1 Å². The van der Waals surface area contributed by atoms with Crippen LogP contribution < -0.4 is 5.32 Å². The van der Waals surface area contributed by atoms with Crippen molar-refractivity contribution in [3.8, 4) is 0 Å². The summed E-state index contributed by atoms with van der Waals surface area (Å²) in [5.74, 6) is -0.0269. The Hall–Kier alpha value is -2.05. The van der Waals surface area contributed by atoms with Crippen LogP contribution in [0.4, 0.5) is 13.2 Å². The maximum absolute atomic E-state index is 12.9. The van der Waals surface area contributed by atoms with Gasteiger partial charge in [-0.25, -0.2) is 0 Å². The zero-order valence-corrected chi connectivity index (χ0v) is 17.1. The van der Waals surface area contributed by atoms with Crippen molar-refractivity contribution in [2.45, 2.75) is 69.5 Å². The lowest BCUT2D eigenvalue weighted by Gasteiger charge is -2.35. The molecular weight excluding hydrogens is 393 g/mol. The van der Waals surface area contributed by atoms with Gasteiger partial charge >= 0.3 is 6.18 Å². The summed E-state index contributed by atoms with van der Waals surface area (Å²) < 4.78 is 38.7. The van der Waals surface area contributed by atoms with Gasteiger partial charge in [0.2, 0.25) is 11.8 Å². The first-order valence-electron chi connectivity index (χ1n) is 11.1. The molecule has 2 unspecified atom stereocenters. The molecule has 4 nitrogen and oxygen atoms in total. The molecule has 1 heterocycles. The Kier molecular flexibility index (Phi) is 6.07. The molecule has 164 valence electrons. The standard InChI is InChI=1S/C23H29F3N2O2/c24-23(25,26)17-8-4-7-16(13-17)19-14-20(19)21(29)27-18-9-11-28(12-10-18)22(30)15-5-2-1-3-6-15/h4,7-8,13,15,18-20H,1-3,5-6,9-12,14H2,(H,27,29). The molecule has 2 atom stereocenters. The summed E-state index contributed by atoms with van der Waals surface area (Å²) in [7, 11) is 0. The van der Waals surface area contributed by atoms with Crippen molar-refractivity contribution in [2.24, 2.45) is 11.8 Å². The number of amides is 2. The quantitative estimate of drug-likeness (QED) is 0.777. The first-order chi connectivity index (χ1) is 14.3. The molecule has 0 radical (unpaired) electrons. The van der Waals surface area contributed by atoms with E-state index in [4.69, 9.17) is 0 Å². The average molecular weight is 422 g/mol. The first-order valence-corrected chi connectivity index (χ1v) is 11.1. The number of carbonyl (C=O) groups is 2. The molecule has 3 aliphatic rings. The van der Waals surface area contributed by atoms with Gasteiger partial charge in [0.25, 0.3) is 0 Å². The predicted molar refractivity (Wildman–Crippen MR) is 107 cm³/mol. The van der Waals surface area contributed by atoms with E-state index >= 15 is 0 Å². The molecule has 0 aromatic heterocycles. The number of alkyl halides is 3. The van der Waals surface area contributed by atoms with Gasteiger partial charge < -0.3 is 10.2 Å². The zero-order chi connectivity index (χ0) is 21.3. The Labute approximate surface area is 175 Å². The molecule has 4 rings (SSSR count). The van der Waals surface area contributed by atoms with Gasteiger partial charge in [0, 0.05) is 31.0 Å². The molecule has 1 aromatic rings. The van der Waals surface area contributed by atoms with Crippen LogP contribution in [0.25, 0.3) is 0 Å². The van der Waals surface area contributed by atoms with E-state index in [1.165, 1.54) is 12.5 Å². The molecule has 2 amide bonds. The Morgan fingerprint density at radius 2 is 1.70 bits per heavy atom. The zero-order valence-electron chi connectivity index (χ0n) is 17.1. The number of hydrogen-bond donors (Lipinski definition) is 1. The van der Waals surface area contributed by atoms with Crippen LogP contribution in [0.1, 0.15) is 68.4 Å². The van der Waals surface area contributed by atoms with Crippen molar-refractivity contribution in [1.29, 1.82) is 0 Å². The summed E-state index contributed by atoms with van der Waals surface area (Å²) in [4.78, 5) is 27.2. The first kappa shape index (κ1) is 21.2. The van der Waals surface area contributed by atoms with Crippen LogP contribution in [-0.4, -0.2) is 35.8 Å². The van der Waals surface area contributed by atoms with Crippen LogP contribution in [0.3, 0.4) is 0 Å². The molecule has 7 heteroatoms. The highest BCUT2D eigenvalue weighted by molar-refractivity contribution is 5.83.